The highest BCUT2D eigenvalue weighted by molar-refractivity contribution is 5.82. The lowest BCUT2D eigenvalue weighted by Gasteiger charge is -2.08. The lowest BCUT2D eigenvalue weighted by Crippen LogP contribution is -2.21. The van der Waals surface area contributed by atoms with Gasteiger partial charge in [-0.05, 0) is 25.6 Å². The smallest absolute Gasteiger partial charge is 0.391 e. The molecule has 0 spiro atoms. The molecule has 1 aliphatic heterocycles. The Kier molecular flexibility index (Phi) is 28.0. The molecule has 0 aliphatic carbocycles. The highest BCUT2D eigenvalue weighted by atomic mass is 19.4. The minimum atomic E-state index is -4.69. The predicted molar refractivity (Wildman–Crippen MR) is 152 cm³/mol. The molecule has 0 saturated carbocycles. The van der Waals surface area contributed by atoms with Crippen molar-refractivity contribution in [3.05, 3.63) is 47.9 Å². The quantitative estimate of drug-likeness (QED) is 0.173. The van der Waals surface area contributed by atoms with Gasteiger partial charge in [-0.3, -0.25) is 19.5 Å². The normalized spacial score (nSPS) is 15.8. The van der Waals surface area contributed by atoms with Crippen molar-refractivity contribution in [3.63, 3.8) is 0 Å². The van der Waals surface area contributed by atoms with E-state index in [0.29, 0.717) is 17.7 Å². The SMILES string of the molecule is C=N/C=C(C=N)/C=C/CC(=O)NC(/C=C\COC(F)(F)F)=C/CC.CC.CCC.CN=CN1CCC(O)C1. The summed E-state index contributed by atoms with van der Waals surface area (Å²) in [5.41, 5.74) is 0.864. The largest absolute Gasteiger partial charge is 0.522 e. The second-order valence-electron chi connectivity index (χ2n) is 7.36. The average Bonchev–Trinajstić information content (AvgIpc) is 3.27. The summed E-state index contributed by atoms with van der Waals surface area (Å²) in [4.78, 5) is 21.2. The maximum Gasteiger partial charge on any atom is 0.522 e. The number of rotatable bonds is 11. The standard InChI is InChI=1S/C16H20F3N3O2.C6H12N2O.C3H8.C2H6/c1-3-6-14(8-5-10-24-16(17,18)19)22-15(23)9-4-7-13(11-20)12-21-2;1-7-5-8-3-2-6(9)4-8;1-3-2;1-2/h4-8,11-12,20H,2-3,9-10H2,1H3,(H,22,23);5-6,9H,2-4H2,1H3;3H2,1-2H3;1-2H3/b7-4+,8-5-,13-12-,14-6+,20-11?;;;. The van der Waals surface area contributed by atoms with Gasteiger partial charge in [-0.25, -0.2) is 0 Å². The maximum atomic E-state index is 11.8. The van der Waals surface area contributed by atoms with Crippen LogP contribution in [0, 0.1) is 5.41 Å². The van der Waals surface area contributed by atoms with E-state index in [0.717, 1.165) is 31.8 Å². The van der Waals surface area contributed by atoms with E-state index in [9.17, 15) is 18.0 Å². The van der Waals surface area contributed by atoms with E-state index in [2.05, 4.69) is 40.6 Å². The van der Waals surface area contributed by atoms with Gasteiger partial charge in [0.15, 0.2) is 0 Å². The summed E-state index contributed by atoms with van der Waals surface area (Å²) in [6.07, 6.45) is 9.40. The van der Waals surface area contributed by atoms with Crippen LogP contribution in [0.4, 0.5) is 13.2 Å². The molecule has 1 rings (SSSR count). The number of alkyl halides is 3. The lowest BCUT2D eigenvalue weighted by atomic mass is 10.2. The molecular weight excluding hydrogens is 499 g/mol. The zero-order chi connectivity index (χ0) is 29.8. The van der Waals surface area contributed by atoms with Crippen LogP contribution in [0.2, 0.25) is 0 Å². The second-order valence-corrected chi connectivity index (χ2v) is 7.36. The fourth-order valence-corrected chi connectivity index (χ4v) is 2.48. The van der Waals surface area contributed by atoms with Gasteiger partial charge in [0.2, 0.25) is 5.91 Å². The molecule has 0 aromatic heterocycles. The number of hydrogen-bond acceptors (Lipinski definition) is 6. The molecule has 1 unspecified atom stereocenters. The molecular formula is C27H46F3N5O3. The first-order valence-electron chi connectivity index (χ1n) is 12.6. The fraction of sp³-hybridized carbons (Fsp3) is 0.556. The third kappa shape index (κ3) is 27.5. The number of carbonyl (C=O) groups excluding carboxylic acids is 1. The second kappa shape index (κ2) is 27.0. The van der Waals surface area contributed by atoms with Crippen molar-refractivity contribution in [2.24, 2.45) is 9.98 Å². The molecule has 1 amide bonds. The first-order valence-corrected chi connectivity index (χ1v) is 12.6. The van der Waals surface area contributed by atoms with Gasteiger partial charge in [-0.15, -0.1) is 13.2 Å². The molecule has 8 nitrogen and oxygen atoms in total. The van der Waals surface area contributed by atoms with E-state index in [1.54, 1.807) is 19.5 Å². The van der Waals surface area contributed by atoms with Gasteiger partial charge in [-0.1, -0.05) is 65.3 Å². The molecule has 0 bridgehead atoms. The van der Waals surface area contributed by atoms with Gasteiger partial charge in [0, 0.05) is 50.2 Å². The van der Waals surface area contributed by atoms with Crippen molar-refractivity contribution in [1.82, 2.24) is 10.2 Å². The topological polar surface area (TPSA) is 110 Å². The molecule has 0 aromatic carbocycles. The van der Waals surface area contributed by atoms with E-state index in [-0.39, 0.29) is 18.4 Å². The zero-order valence-electron chi connectivity index (χ0n) is 23.6. The van der Waals surface area contributed by atoms with Gasteiger partial charge < -0.3 is 20.7 Å². The van der Waals surface area contributed by atoms with E-state index in [4.69, 9.17) is 10.5 Å². The summed E-state index contributed by atoms with van der Waals surface area (Å²) in [5, 5.41) is 18.7. The molecule has 0 aromatic rings. The van der Waals surface area contributed by atoms with E-state index >= 15 is 0 Å². The van der Waals surface area contributed by atoms with Crippen LogP contribution in [0.3, 0.4) is 0 Å². The molecule has 3 N–H and O–H groups in total. The molecule has 38 heavy (non-hydrogen) atoms. The molecule has 1 fully saturated rings. The average molecular weight is 546 g/mol. The molecule has 218 valence electrons. The number of nitrogens with one attached hydrogen (secondary N) is 2. The fourth-order valence-electron chi connectivity index (χ4n) is 2.48. The van der Waals surface area contributed by atoms with Gasteiger partial charge >= 0.3 is 6.36 Å². The van der Waals surface area contributed by atoms with Crippen LogP contribution in [0.1, 0.15) is 60.3 Å². The summed E-state index contributed by atoms with van der Waals surface area (Å²) in [6, 6.07) is 0. The number of carbonyl (C=O) groups is 1. The number of β-amino-alcohol motifs (C(OH)–C–C–N with tert-alkyl or cyclic N) is 1. The van der Waals surface area contributed by atoms with Crippen LogP contribution in [0.15, 0.2) is 57.8 Å². The number of ether oxygens (including phenoxy) is 1. The summed E-state index contributed by atoms with van der Waals surface area (Å²) in [5.74, 6) is -0.344. The third-order valence-corrected chi connectivity index (χ3v) is 3.84. The van der Waals surface area contributed by atoms with Gasteiger partial charge in [-0.2, -0.15) is 0 Å². The Labute approximate surface area is 226 Å². The number of aliphatic hydroxyl groups excluding tert-OH is 1. The molecule has 0 radical (unpaired) electrons. The number of hydrogen-bond donors (Lipinski definition) is 3. The Balaban J connectivity index is -0.000000713. The number of aliphatic imine (C=N–C) groups is 2. The van der Waals surface area contributed by atoms with Crippen molar-refractivity contribution < 1.29 is 27.8 Å². The third-order valence-electron chi connectivity index (χ3n) is 3.84. The first-order chi connectivity index (χ1) is 18.1. The van der Waals surface area contributed by atoms with Crippen molar-refractivity contribution >= 4 is 25.2 Å². The van der Waals surface area contributed by atoms with E-state index < -0.39 is 13.0 Å². The van der Waals surface area contributed by atoms with Crippen LogP contribution in [0.25, 0.3) is 0 Å². The number of amides is 1. The first kappa shape index (κ1) is 39.5. The van der Waals surface area contributed by atoms with Crippen LogP contribution < -0.4 is 5.32 Å². The molecule has 1 saturated heterocycles. The maximum absolute atomic E-state index is 11.8. The number of aliphatic hydroxyl groups is 1. The number of allylic oxidation sites excluding steroid dienone is 4. The summed E-state index contributed by atoms with van der Waals surface area (Å²) in [7, 11) is 1.74. The van der Waals surface area contributed by atoms with Crippen molar-refractivity contribution in [2.75, 3.05) is 26.7 Å². The number of likely N-dealkylation sites (tertiary alicyclic amines) is 1. The van der Waals surface area contributed by atoms with E-state index in [1.807, 2.05) is 25.7 Å². The van der Waals surface area contributed by atoms with E-state index in [1.165, 1.54) is 30.8 Å². The molecule has 1 heterocycles. The Bertz CT molecular complexity index is 776. The highest BCUT2D eigenvalue weighted by Gasteiger charge is 2.28. The van der Waals surface area contributed by atoms with Crippen LogP contribution in [0.5, 0.6) is 0 Å². The highest BCUT2D eigenvalue weighted by Crippen LogP contribution is 2.15. The van der Waals surface area contributed by atoms with Crippen molar-refractivity contribution in [3.8, 4) is 0 Å². The van der Waals surface area contributed by atoms with Gasteiger partial charge in [0.25, 0.3) is 0 Å². The monoisotopic (exact) mass is 545 g/mol. The predicted octanol–water partition coefficient (Wildman–Crippen LogP) is 5.82. The van der Waals surface area contributed by atoms with Crippen LogP contribution in [-0.2, 0) is 9.53 Å². The number of halogens is 3. The van der Waals surface area contributed by atoms with Gasteiger partial charge in [0.05, 0.1) is 19.0 Å². The summed E-state index contributed by atoms with van der Waals surface area (Å²) < 4.78 is 39.2. The Morgan fingerprint density at radius 2 is 1.87 bits per heavy atom. The summed E-state index contributed by atoms with van der Waals surface area (Å²) >= 11 is 0. The number of nitrogens with zero attached hydrogens (tertiary/aromatic N) is 3. The summed E-state index contributed by atoms with van der Waals surface area (Å²) in [6.45, 7) is 14.4. The lowest BCUT2D eigenvalue weighted by molar-refractivity contribution is -0.319. The zero-order valence-corrected chi connectivity index (χ0v) is 23.6. The minimum absolute atomic E-state index is 0.0380. The Morgan fingerprint density at radius 3 is 2.32 bits per heavy atom. The van der Waals surface area contributed by atoms with Crippen molar-refractivity contribution in [2.45, 2.75) is 72.8 Å². The van der Waals surface area contributed by atoms with Gasteiger partial charge in [0.1, 0.15) is 0 Å². The Morgan fingerprint density at radius 1 is 1.24 bits per heavy atom. The van der Waals surface area contributed by atoms with Crippen LogP contribution >= 0.6 is 0 Å². The molecule has 11 heteroatoms. The van der Waals surface area contributed by atoms with Crippen LogP contribution in [-0.4, -0.2) is 74.4 Å². The minimum Gasteiger partial charge on any atom is -0.391 e. The molecule has 1 aliphatic rings. The van der Waals surface area contributed by atoms with Crippen molar-refractivity contribution in [1.29, 1.82) is 5.41 Å². The molecule has 1 atom stereocenters. The Hall–Kier alpha value is -3.05.